The number of hydrogen-bond acceptors (Lipinski definition) is 2. The summed E-state index contributed by atoms with van der Waals surface area (Å²) in [5.41, 5.74) is 0. The van der Waals surface area contributed by atoms with Gasteiger partial charge in [-0.1, -0.05) is 53.9 Å². The predicted molar refractivity (Wildman–Crippen MR) is 87.9 cm³/mol. The Bertz CT molecular complexity index is 347. The van der Waals surface area contributed by atoms with Gasteiger partial charge in [-0.3, -0.25) is 10.1 Å². The van der Waals surface area contributed by atoms with Crippen molar-refractivity contribution >= 4 is 5.91 Å². The highest BCUT2D eigenvalue weighted by Gasteiger charge is 2.45. The SMILES string of the molecule is CCC(C1CCCCC1)N1C(=O)C(C(C)C)NC1C(C)C. The zero-order valence-electron chi connectivity index (χ0n) is 14.6. The van der Waals surface area contributed by atoms with Crippen LogP contribution in [0.5, 0.6) is 0 Å². The zero-order chi connectivity index (χ0) is 15.6. The van der Waals surface area contributed by atoms with Gasteiger partial charge in [0.1, 0.15) is 0 Å². The number of amides is 1. The van der Waals surface area contributed by atoms with Crippen LogP contribution in [0.2, 0.25) is 0 Å². The molecule has 0 radical (unpaired) electrons. The largest absolute Gasteiger partial charge is 0.322 e. The molecule has 1 saturated carbocycles. The number of carbonyl (C=O) groups is 1. The lowest BCUT2D eigenvalue weighted by molar-refractivity contribution is -0.135. The molecule has 1 amide bonds. The number of carbonyl (C=O) groups excluding carboxylic acids is 1. The van der Waals surface area contributed by atoms with Crippen LogP contribution in [0.25, 0.3) is 0 Å². The zero-order valence-corrected chi connectivity index (χ0v) is 14.6. The van der Waals surface area contributed by atoms with Crippen molar-refractivity contribution in [1.29, 1.82) is 0 Å². The molecule has 21 heavy (non-hydrogen) atoms. The average molecular weight is 294 g/mol. The molecule has 1 aliphatic heterocycles. The molecule has 1 heterocycles. The summed E-state index contributed by atoms with van der Waals surface area (Å²) in [4.78, 5) is 15.2. The van der Waals surface area contributed by atoms with E-state index in [1.165, 1.54) is 32.1 Å². The Balaban J connectivity index is 2.21. The van der Waals surface area contributed by atoms with Gasteiger partial charge >= 0.3 is 0 Å². The van der Waals surface area contributed by atoms with Crippen molar-refractivity contribution in [2.75, 3.05) is 0 Å². The first-order valence-corrected chi connectivity index (χ1v) is 9.05. The molecule has 1 saturated heterocycles. The standard InChI is InChI=1S/C18H34N2O/c1-6-15(14-10-8-7-9-11-14)20-17(13(4)5)19-16(12(2)3)18(20)21/h12-17,19H,6-11H2,1-5H3. The molecule has 0 aromatic carbocycles. The van der Waals surface area contributed by atoms with E-state index in [1.54, 1.807) is 0 Å². The molecule has 2 aliphatic rings. The van der Waals surface area contributed by atoms with Crippen LogP contribution >= 0.6 is 0 Å². The van der Waals surface area contributed by atoms with Crippen LogP contribution in [-0.2, 0) is 4.79 Å². The van der Waals surface area contributed by atoms with Gasteiger partial charge in [0.05, 0.1) is 12.2 Å². The summed E-state index contributed by atoms with van der Waals surface area (Å²) in [6.45, 7) is 11.0. The normalized spacial score (nSPS) is 29.7. The highest BCUT2D eigenvalue weighted by atomic mass is 16.2. The number of hydrogen-bond donors (Lipinski definition) is 1. The van der Waals surface area contributed by atoms with E-state index in [-0.39, 0.29) is 12.2 Å². The average Bonchev–Trinajstić information content (AvgIpc) is 2.79. The van der Waals surface area contributed by atoms with Crippen molar-refractivity contribution in [2.24, 2.45) is 17.8 Å². The molecular formula is C18H34N2O. The lowest BCUT2D eigenvalue weighted by Gasteiger charge is -2.40. The summed E-state index contributed by atoms with van der Waals surface area (Å²) in [7, 11) is 0. The molecule has 3 atom stereocenters. The maximum absolute atomic E-state index is 13.0. The Hall–Kier alpha value is -0.570. The molecule has 1 N–H and O–H groups in total. The van der Waals surface area contributed by atoms with Crippen LogP contribution in [0.15, 0.2) is 0 Å². The highest BCUT2D eigenvalue weighted by Crippen LogP contribution is 2.34. The van der Waals surface area contributed by atoms with Gasteiger partial charge in [-0.2, -0.15) is 0 Å². The monoisotopic (exact) mass is 294 g/mol. The maximum Gasteiger partial charge on any atom is 0.241 e. The second-order valence-corrected chi connectivity index (χ2v) is 7.70. The first-order chi connectivity index (χ1) is 9.97. The smallest absolute Gasteiger partial charge is 0.241 e. The van der Waals surface area contributed by atoms with Crippen molar-refractivity contribution in [3.8, 4) is 0 Å². The van der Waals surface area contributed by atoms with Gasteiger partial charge in [-0.25, -0.2) is 0 Å². The molecule has 2 rings (SSSR count). The van der Waals surface area contributed by atoms with E-state index >= 15 is 0 Å². The van der Waals surface area contributed by atoms with E-state index < -0.39 is 0 Å². The minimum absolute atomic E-state index is 0.00930. The third kappa shape index (κ3) is 3.44. The summed E-state index contributed by atoms with van der Waals surface area (Å²) in [5, 5.41) is 3.62. The molecule has 3 unspecified atom stereocenters. The summed E-state index contributed by atoms with van der Waals surface area (Å²) in [6.07, 6.45) is 7.98. The number of nitrogens with one attached hydrogen (secondary N) is 1. The van der Waals surface area contributed by atoms with E-state index in [9.17, 15) is 4.79 Å². The van der Waals surface area contributed by atoms with Gasteiger partial charge in [0.2, 0.25) is 5.91 Å². The fraction of sp³-hybridized carbons (Fsp3) is 0.944. The van der Waals surface area contributed by atoms with Crippen LogP contribution in [0.3, 0.4) is 0 Å². The Morgan fingerprint density at radius 3 is 2.19 bits per heavy atom. The molecule has 3 heteroatoms. The minimum Gasteiger partial charge on any atom is -0.322 e. The fourth-order valence-corrected chi connectivity index (χ4v) is 4.27. The molecule has 0 aromatic rings. The van der Waals surface area contributed by atoms with Gasteiger partial charge < -0.3 is 4.90 Å². The van der Waals surface area contributed by atoms with Crippen molar-refractivity contribution in [3.05, 3.63) is 0 Å². The van der Waals surface area contributed by atoms with Gasteiger partial charge in [0.25, 0.3) is 0 Å². The second kappa shape index (κ2) is 7.13. The lowest BCUT2D eigenvalue weighted by atomic mass is 9.81. The fourth-order valence-electron chi connectivity index (χ4n) is 4.27. The minimum atomic E-state index is 0.00930. The maximum atomic E-state index is 13.0. The molecule has 0 aromatic heterocycles. The summed E-state index contributed by atoms with van der Waals surface area (Å²) in [6, 6.07) is 0.441. The molecule has 122 valence electrons. The first-order valence-electron chi connectivity index (χ1n) is 9.05. The van der Waals surface area contributed by atoms with Crippen molar-refractivity contribution in [2.45, 2.75) is 91.4 Å². The third-order valence-electron chi connectivity index (χ3n) is 5.44. The van der Waals surface area contributed by atoms with E-state index in [4.69, 9.17) is 0 Å². The molecular weight excluding hydrogens is 260 g/mol. The van der Waals surface area contributed by atoms with Gasteiger partial charge in [-0.05, 0) is 37.0 Å². The topological polar surface area (TPSA) is 32.3 Å². The van der Waals surface area contributed by atoms with Crippen molar-refractivity contribution < 1.29 is 4.79 Å². The second-order valence-electron chi connectivity index (χ2n) is 7.70. The summed E-state index contributed by atoms with van der Waals surface area (Å²) in [5.74, 6) is 1.89. The van der Waals surface area contributed by atoms with Crippen molar-refractivity contribution in [3.63, 3.8) is 0 Å². The van der Waals surface area contributed by atoms with E-state index in [0.29, 0.717) is 29.7 Å². The Labute approximate surface area is 130 Å². The van der Waals surface area contributed by atoms with E-state index in [1.807, 2.05) is 0 Å². The number of nitrogens with zero attached hydrogens (tertiary/aromatic N) is 1. The molecule has 3 nitrogen and oxygen atoms in total. The first kappa shape index (κ1) is 16.8. The Kier molecular flexibility index (Phi) is 5.70. The number of rotatable bonds is 5. The van der Waals surface area contributed by atoms with E-state index in [0.717, 1.165) is 6.42 Å². The van der Waals surface area contributed by atoms with Gasteiger partial charge in [0, 0.05) is 6.04 Å². The van der Waals surface area contributed by atoms with Gasteiger partial charge in [-0.15, -0.1) is 0 Å². The highest BCUT2D eigenvalue weighted by molar-refractivity contribution is 5.85. The molecule has 0 bridgehead atoms. The summed E-state index contributed by atoms with van der Waals surface area (Å²) < 4.78 is 0. The van der Waals surface area contributed by atoms with E-state index in [2.05, 4.69) is 44.8 Å². The molecule has 0 spiro atoms. The Morgan fingerprint density at radius 1 is 1.10 bits per heavy atom. The van der Waals surface area contributed by atoms with Crippen LogP contribution in [0.1, 0.15) is 73.1 Å². The molecule has 2 fully saturated rings. The van der Waals surface area contributed by atoms with Crippen LogP contribution in [0.4, 0.5) is 0 Å². The van der Waals surface area contributed by atoms with Crippen LogP contribution in [-0.4, -0.2) is 29.1 Å². The predicted octanol–water partition coefficient (Wildman–Crippen LogP) is 3.78. The van der Waals surface area contributed by atoms with Crippen LogP contribution < -0.4 is 5.32 Å². The molecule has 1 aliphatic carbocycles. The van der Waals surface area contributed by atoms with Crippen molar-refractivity contribution in [1.82, 2.24) is 10.2 Å². The quantitative estimate of drug-likeness (QED) is 0.837. The Morgan fingerprint density at radius 2 is 1.71 bits per heavy atom. The van der Waals surface area contributed by atoms with Gasteiger partial charge in [0.15, 0.2) is 0 Å². The third-order valence-corrected chi connectivity index (χ3v) is 5.44. The lowest BCUT2D eigenvalue weighted by Crippen LogP contribution is -2.50. The summed E-state index contributed by atoms with van der Waals surface area (Å²) >= 11 is 0. The van der Waals surface area contributed by atoms with Crippen LogP contribution in [0, 0.1) is 17.8 Å².